The summed E-state index contributed by atoms with van der Waals surface area (Å²) in [5.74, 6) is -0.202. The van der Waals surface area contributed by atoms with Crippen molar-refractivity contribution >= 4 is 23.3 Å². The normalized spacial score (nSPS) is 10.4. The lowest BCUT2D eigenvalue weighted by atomic mass is 9.99. The van der Waals surface area contributed by atoms with E-state index < -0.39 is 0 Å². The fraction of sp³-hybridized carbons (Fsp3) is 0.318. The van der Waals surface area contributed by atoms with Crippen LogP contribution in [0, 0.1) is 13.8 Å². The predicted octanol–water partition coefficient (Wildman–Crippen LogP) is 3.54. The summed E-state index contributed by atoms with van der Waals surface area (Å²) in [6.45, 7) is 3.84. The zero-order chi connectivity index (χ0) is 20.0. The lowest BCUT2D eigenvalue weighted by Gasteiger charge is -2.11. The molecule has 0 heterocycles. The van der Waals surface area contributed by atoms with E-state index in [-0.39, 0.29) is 30.4 Å². The SMILES string of the molecule is Cc1ccc(C)c(C(=O)CCC(=O)Nc2ccc(CC(=O)N(C)C)cc2)c1. The molecular weight excluding hydrogens is 340 g/mol. The Hall–Kier alpha value is -2.95. The van der Waals surface area contributed by atoms with Crippen LogP contribution < -0.4 is 5.32 Å². The quantitative estimate of drug-likeness (QED) is 0.762. The van der Waals surface area contributed by atoms with E-state index in [0.29, 0.717) is 17.7 Å². The van der Waals surface area contributed by atoms with Crippen LogP contribution in [0.2, 0.25) is 0 Å². The van der Waals surface area contributed by atoms with Gasteiger partial charge in [-0.15, -0.1) is 0 Å². The van der Waals surface area contributed by atoms with Gasteiger partial charge in [-0.25, -0.2) is 0 Å². The van der Waals surface area contributed by atoms with Crippen molar-refractivity contribution in [3.63, 3.8) is 0 Å². The number of hydrogen-bond donors (Lipinski definition) is 1. The van der Waals surface area contributed by atoms with Crippen molar-refractivity contribution in [1.29, 1.82) is 0 Å². The molecule has 27 heavy (non-hydrogen) atoms. The van der Waals surface area contributed by atoms with Crippen molar-refractivity contribution in [2.75, 3.05) is 19.4 Å². The largest absolute Gasteiger partial charge is 0.349 e. The highest BCUT2D eigenvalue weighted by molar-refractivity contribution is 6.01. The maximum absolute atomic E-state index is 12.4. The molecule has 0 aliphatic carbocycles. The van der Waals surface area contributed by atoms with E-state index in [1.54, 1.807) is 31.1 Å². The number of nitrogens with zero attached hydrogens (tertiary/aromatic N) is 1. The number of aryl methyl sites for hydroxylation is 2. The first-order chi connectivity index (χ1) is 12.8. The van der Waals surface area contributed by atoms with E-state index in [1.807, 2.05) is 44.2 Å². The van der Waals surface area contributed by atoms with Crippen molar-refractivity contribution in [3.05, 3.63) is 64.7 Å². The maximum Gasteiger partial charge on any atom is 0.226 e. The molecule has 5 nitrogen and oxygen atoms in total. The van der Waals surface area contributed by atoms with Gasteiger partial charge in [-0.05, 0) is 43.2 Å². The maximum atomic E-state index is 12.4. The Morgan fingerprint density at radius 3 is 2.22 bits per heavy atom. The summed E-state index contributed by atoms with van der Waals surface area (Å²) < 4.78 is 0. The molecule has 0 saturated carbocycles. The second kappa shape index (κ2) is 9.12. The first kappa shape index (κ1) is 20.4. The number of benzene rings is 2. The Kier molecular flexibility index (Phi) is 6.88. The number of rotatable bonds is 7. The molecule has 0 aliphatic heterocycles. The fourth-order valence-electron chi connectivity index (χ4n) is 2.66. The summed E-state index contributed by atoms with van der Waals surface area (Å²) in [7, 11) is 3.44. The molecule has 0 radical (unpaired) electrons. The van der Waals surface area contributed by atoms with Gasteiger partial charge < -0.3 is 10.2 Å². The van der Waals surface area contributed by atoms with Gasteiger partial charge in [-0.2, -0.15) is 0 Å². The van der Waals surface area contributed by atoms with Crippen LogP contribution in [0.4, 0.5) is 5.69 Å². The minimum absolute atomic E-state index is 0.0242. The number of ketones is 1. The molecule has 0 atom stereocenters. The Morgan fingerprint density at radius 2 is 1.59 bits per heavy atom. The van der Waals surface area contributed by atoms with Gasteiger partial charge in [0.15, 0.2) is 5.78 Å². The predicted molar refractivity (Wildman–Crippen MR) is 107 cm³/mol. The third-order valence-corrected chi connectivity index (χ3v) is 4.36. The third-order valence-electron chi connectivity index (χ3n) is 4.36. The van der Waals surface area contributed by atoms with E-state index in [2.05, 4.69) is 5.32 Å². The molecule has 2 rings (SSSR count). The Labute approximate surface area is 160 Å². The Balaban J connectivity index is 1.87. The standard InChI is InChI=1S/C22H26N2O3/c1-15-5-6-16(2)19(13-15)20(25)11-12-21(26)23-18-9-7-17(8-10-18)14-22(27)24(3)4/h5-10,13H,11-12,14H2,1-4H3,(H,23,26). The first-order valence-electron chi connectivity index (χ1n) is 8.95. The molecule has 0 unspecified atom stereocenters. The zero-order valence-electron chi connectivity index (χ0n) is 16.3. The average molecular weight is 366 g/mol. The number of likely N-dealkylation sites (N-methyl/N-ethyl adjacent to an activating group) is 1. The van der Waals surface area contributed by atoms with Crippen LogP contribution >= 0.6 is 0 Å². The molecular formula is C22H26N2O3. The monoisotopic (exact) mass is 366 g/mol. The van der Waals surface area contributed by atoms with Crippen molar-refractivity contribution in [2.45, 2.75) is 33.1 Å². The van der Waals surface area contributed by atoms with Gasteiger partial charge in [0.05, 0.1) is 6.42 Å². The van der Waals surface area contributed by atoms with Crippen LogP contribution in [0.15, 0.2) is 42.5 Å². The van der Waals surface area contributed by atoms with E-state index in [0.717, 1.165) is 16.7 Å². The Morgan fingerprint density at radius 1 is 0.926 bits per heavy atom. The lowest BCUT2D eigenvalue weighted by molar-refractivity contribution is -0.128. The van der Waals surface area contributed by atoms with Gasteiger partial charge in [0.2, 0.25) is 11.8 Å². The molecule has 0 fully saturated rings. The molecule has 2 amide bonds. The topological polar surface area (TPSA) is 66.5 Å². The highest BCUT2D eigenvalue weighted by Crippen LogP contribution is 2.15. The van der Waals surface area contributed by atoms with Gasteiger partial charge in [0.25, 0.3) is 0 Å². The summed E-state index contributed by atoms with van der Waals surface area (Å²) in [4.78, 5) is 37.7. The van der Waals surface area contributed by atoms with Gasteiger partial charge in [-0.1, -0.05) is 29.8 Å². The van der Waals surface area contributed by atoms with Crippen LogP contribution in [0.25, 0.3) is 0 Å². The molecule has 2 aromatic carbocycles. The second-order valence-electron chi connectivity index (χ2n) is 6.95. The first-order valence-corrected chi connectivity index (χ1v) is 8.95. The van der Waals surface area contributed by atoms with E-state index in [1.165, 1.54) is 0 Å². The van der Waals surface area contributed by atoms with E-state index >= 15 is 0 Å². The van der Waals surface area contributed by atoms with Crippen molar-refractivity contribution in [3.8, 4) is 0 Å². The Bertz CT molecular complexity index is 839. The van der Waals surface area contributed by atoms with Crippen molar-refractivity contribution < 1.29 is 14.4 Å². The molecule has 0 bridgehead atoms. The molecule has 5 heteroatoms. The summed E-state index contributed by atoms with van der Waals surface area (Å²) in [6.07, 6.45) is 0.629. The van der Waals surface area contributed by atoms with Crippen LogP contribution in [-0.2, 0) is 16.0 Å². The summed E-state index contributed by atoms with van der Waals surface area (Å²) in [6, 6.07) is 12.9. The number of nitrogens with one attached hydrogen (secondary N) is 1. The average Bonchev–Trinajstić information content (AvgIpc) is 2.63. The minimum Gasteiger partial charge on any atom is -0.349 e. The summed E-state index contributed by atoms with van der Waals surface area (Å²) >= 11 is 0. The van der Waals surface area contributed by atoms with Gasteiger partial charge in [-0.3, -0.25) is 14.4 Å². The fourth-order valence-corrected chi connectivity index (χ4v) is 2.66. The highest BCUT2D eigenvalue weighted by atomic mass is 16.2. The number of hydrogen-bond acceptors (Lipinski definition) is 3. The van der Waals surface area contributed by atoms with Gasteiger partial charge >= 0.3 is 0 Å². The molecule has 2 aromatic rings. The van der Waals surface area contributed by atoms with Gasteiger partial charge in [0, 0.05) is 38.2 Å². The summed E-state index contributed by atoms with van der Waals surface area (Å²) in [5, 5.41) is 2.79. The second-order valence-corrected chi connectivity index (χ2v) is 6.95. The number of carbonyl (C=O) groups excluding carboxylic acids is 3. The smallest absolute Gasteiger partial charge is 0.226 e. The molecule has 1 N–H and O–H groups in total. The zero-order valence-corrected chi connectivity index (χ0v) is 16.3. The third kappa shape index (κ3) is 6.06. The number of anilines is 1. The van der Waals surface area contributed by atoms with Crippen molar-refractivity contribution in [1.82, 2.24) is 4.90 Å². The number of Topliss-reactive ketones (excluding diaryl/α,β-unsaturated/α-hetero) is 1. The lowest BCUT2D eigenvalue weighted by Crippen LogP contribution is -2.23. The molecule has 0 aromatic heterocycles. The van der Waals surface area contributed by atoms with Crippen LogP contribution in [0.1, 0.15) is 39.9 Å². The molecule has 0 spiro atoms. The minimum atomic E-state index is -0.203. The van der Waals surface area contributed by atoms with Gasteiger partial charge in [0.1, 0.15) is 0 Å². The molecule has 142 valence electrons. The van der Waals surface area contributed by atoms with Crippen LogP contribution in [0.5, 0.6) is 0 Å². The van der Waals surface area contributed by atoms with E-state index in [4.69, 9.17) is 0 Å². The number of carbonyl (C=O) groups is 3. The molecule has 0 saturated heterocycles. The van der Waals surface area contributed by atoms with E-state index in [9.17, 15) is 14.4 Å². The summed E-state index contributed by atoms with van der Waals surface area (Å²) in [5.41, 5.74) is 4.17. The van der Waals surface area contributed by atoms with Crippen LogP contribution in [-0.4, -0.2) is 36.6 Å². The highest BCUT2D eigenvalue weighted by Gasteiger charge is 2.12. The van der Waals surface area contributed by atoms with Crippen LogP contribution in [0.3, 0.4) is 0 Å². The number of amides is 2. The molecule has 0 aliphatic rings. The van der Waals surface area contributed by atoms with Crippen molar-refractivity contribution in [2.24, 2.45) is 0 Å².